The van der Waals surface area contributed by atoms with Crippen LogP contribution < -0.4 is 0 Å². The first kappa shape index (κ1) is 13.4. The lowest BCUT2D eigenvalue weighted by atomic mass is 9.79. The number of rotatable bonds is 3. The third-order valence-corrected chi connectivity index (χ3v) is 5.92. The fraction of sp³-hybridized carbons (Fsp3) is 0.500. The van der Waals surface area contributed by atoms with E-state index in [4.69, 9.17) is 0 Å². The van der Waals surface area contributed by atoms with E-state index in [1.807, 2.05) is 30.3 Å². The molecule has 1 aromatic heterocycles. The number of alkyl halides is 1. The van der Waals surface area contributed by atoms with Crippen molar-refractivity contribution < 1.29 is 9.18 Å². The molecular weight excluding hydrogens is 293 g/mol. The molecule has 3 aliphatic rings. The van der Waals surface area contributed by atoms with Crippen LogP contribution in [0.1, 0.15) is 66.3 Å². The minimum absolute atomic E-state index is 0.0191. The molecule has 118 valence electrons. The molecule has 5 heteroatoms. The van der Waals surface area contributed by atoms with E-state index in [-0.39, 0.29) is 29.0 Å². The van der Waals surface area contributed by atoms with Crippen LogP contribution in [0.5, 0.6) is 0 Å². The van der Waals surface area contributed by atoms with Gasteiger partial charge in [-0.2, -0.15) is 0 Å². The van der Waals surface area contributed by atoms with Crippen molar-refractivity contribution in [2.45, 2.75) is 44.3 Å². The normalized spacial score (nSPS) is 30.0. The summed E-state index contributed by atoms with van der Waals surface area (Å²) in [4.78, 5) is 16.9. The van der Waals surface area contributed by atoms with Crippen LogP contribution in [0.15, 0.2) is 30.3 Å². The summed E-state index contributed by atoms with van der Waals surface area (Å²) in [5.41, 5.74) is 1.26. The summed E-state index contributed by atoms with van der Waals surface area (Å²) in [6.07, 6.45) is 3.69. The molecule has 2 saturated carbocycles. The van der Waals surface area contributed by atoms with Crippen LogP contribution in [-0.2, 0) is 0 Å². The molecule has 2 aromatic rings. The predicted molar refractivity (Wildman–Crippen MR) is 81.8 cm³/mol. The zero-order valence-electron chi connectivity index (χ0n) is 12.8. The summed E-state index contributed by atoms with van der Waals surface area (Å²) < 4.78 is 16.0. The molecule has 1 aliphatic heterocycles. The van der Waals surface area contributed by atoms with E-state index in [1.165, 1.54) is 6.42 Å². The van der Waals surface area contributed by atoms with Gasteiger partial charge in [0.1, 0.15) is 0 Å². The SMILES string of the molecule is O=C(c1nc2n(n1)[C@H](c1ccccc1)C[C@@H]2F)C1CC12CCC2. The lowest BCUT2D eigenvalue weighted by molar-refractivity contribution is 0.0914. The smallest absolute Gasteiger partial charge is 0.217 e. The van der Waals surface area contributed by atoms with Gasteiger partial charge >= 0.3 is 0 Å². The summed E-state index contributed by atoms with van der Waals surface area (Å²) in [5, 5.41) is 4.40. The number of benzene rings is 1. The van der Waals surface area contributed by atoms with Gasteiger partial charge in [-0.05, 0) is 30.2 Å². The Hall–Kier alpha value is -2.04. The topological polar surface area (TPSA) is 47.8 Å². The molecule has 3 atom stereocenters. The third kappa shape index (κ3) is 1.85. The highest BCUT2D eigenvalue weighted by atomic mass is 19.1. The first-order chi connectivity index (χ1) is 11.2. The number of fused-ring (bicyclic) bond motifs is 1. The Morgan fingerprint density at radius 1 is 1.26 bits per heavy atom. The molecule has 1 unspecified atom stereocenters. The van der Waals surface area contributed by atoms with Crippen LogP contribution in [-0.4, -0.2) is 20.5 Å². The Kier molecular flexibility index (Phi) is 2.62. The molecule has 2 heterocycles. The number of Topliss-reactive ketones (excluding diaryl/α,β-unsaturated/α-hetero) is 1. The zero-order valence-corrected chi connectivity index (χ0v) is 12.8. The van der Waals surface area contributed by atoms with Crippen LogP contribution in [0, 0.1) is 11.3 Å². The van der Waals surface area contributed by atoms with Gasteiger partial charge in [0.05, 0.1) is 6.04 Å². The van der Waals surface area contributed by atoms with Crippen LogP contribution in [0.2, 0.25) is 0 Å². The molecule has 2 aliphatic carbocycles. The van der Waals surface area contributed by atoms with E-state index in [1.54, 1.807) is 4.68 Å². The summed E-state index contributed by atoms with van der Waals surface area (Å²) in [7, 11) is 0. The second-order valence-electron chi connectivity index (χ2n) is 7.20. The molecule has 4 nitrogen and oxygen atoms in total. The molecule has 1 spiro atoms. The molecule has 0 bridgehead atoms. The second-order valence-corrected chi connectivity index (χ2v) is 7.20. The van der Waals surface area contributed by atoms with Crippen molar-refractivity contribution in [3.8, 4) is 0 Å². The maximum absolute atomic E-state index is 14.3. The standard InChI is InChI=1S/C18H18FN3O/c19-13-9-14(11-5-2-1-3-6-11)22-17(13)20-16(21-22)15(23)12-10-18(12)7-4-8-18/h1-3,5-6,12-14H,4,7-10H2/t12?,13-,14-/m0/s1. The Morgan fingerprint density at radius 3 is 2.70 bits per heavy atom. The Morgan fingerprint density at radius 2 is 2.04 bits per heavy atom. The van der Waals surface area contributed by atoms with E-state index < -0.39 is 6.17 Å². The number of hydrogen-bond donors (Lipinski definition) is 0. The Balaban J connectivity index is 1.46. The van der Waals surface area contributed by atoms with Gasteiger partial charge in [-0.15, -0.1) is 5.10 Å². The molecule has 2 fully saturated rings. The first-order valence-electron chi connectivity index (χ1n) is 8.38. The van der Waals surface area contributed by atoms with Crippen LogP contribution >= 0.6 is 0 Å². The predicted octanol–water partition coefficient (Wildman–Crippen LogP) is 3.65. The lowest BCUT2D eigenvalue weighted by Crippen LogP contribution is -2.20. The number of aromatic nitrogens is 3. The van der Waals surface area contributed by atoms with E-state index in [0.29, 0.717) is 12.2 Å². The molecular formula is C18H18FN3O. The molecule has 5 rings (SSSR count). The summed E-state index contributed by atoms with van der Waals surface area (Å²) in [5.74, 6) is 0.626. The van der Waals surface area contributed by atoms with E-state index in [0.717, 1.165) is 24.8 Å². The number of carbonyl (C=O) groups excluding carboxylic acids is 1. The number of nitrogens with zero attached hydrogens (tertiary/aromatic N) is 3. The van der Waals surface area contributed by atoms with Gasteiger partial charge in [-0.3, -0.25) is 4.79 Å². The molecule has 1 aromatic carbocycles. The Labute approximate surface area is 133 Å². The second kappa shape index (κ2) is 4.49. The fourth-order valence-corrected chi connectivity index (χ4v) is 4.29. The van der Waals surface area contributed by atoms with E-state index in [2.05, 4.69) is 10.1 Å². The van der Waals surface area contributed by atoms with E-state index in [9.17, 15) is 9.18 Å². The molecule has 0 N–H and O–H groups in total. The van der Waals surface area contributed by atoms with Crippen molar-refractivity contribution in [3.05, 3.63) is 47.5 Å². The van der Waals surface area contributed by atoms with Crippen molar-refractivity contribution in [2.24, 2.45) is 11.3 Å². The lowest BCUT2D eigenvalue weighted by Gasteiger charge is -2.25. The van der Waals surface area contributed by atoms with E-state index >= 15 is 0 Å². The van der Waals surface area contributed by atoms with Crippen molar-refractivity contribution in [2.75, 3.05) is 0 Å². The minimum atomic E-state index is -1.15. The van der Waals surface area contributed by atoms with Gasteiger partial charge in [0.2, 0.25) is 11.6 Å². The molecule has 0 saturated heterocycles. The van der Waals surface area contributed by atoms with Gasteiger partial charge in [0.15, 0.2) is 12.0 Å². The first-order valence-corrected chi connectivity index (χ1v) is 8.38. The molecule has 0 amide bonds. The fourth-order valence-electron chi connectivity index (χ4n) is 4.29. The number of carbonyl (C=O) groups is 1. The summed E-state index contributed by atoms with van der Waals surface area (Å²) in [6.45, 7) is 0. The van der Waals surface area contributed by atoms with Gasteiger partial charge in [-0.25, -0.2) is 14.1 Å². The maximum Gasteiger partial charge on any atom is 0.217 e. The van der Waals surface area contributed by atoms with Crippen molar-refractivity contribution in [1.29, 1.82) is 0 Å². The van der Waals surface area contributed by atoms with Crippen molar-refractivity contribution in [1.82, 2.24) is 14.8 Å². The molecule has 23 heavy (non-hydrogen) atoms. The van der Waals surface area contributed by atoms with Crippen molar-refractivity contribution in [3.63, 3.8) is 0 Å². The van der Waals surface area contributed by atoms with Gasteiger partial charge in [-0.1, -0.05) is 36.8 Å². The maximum atomic E-state index is 14.3. The Bertz CT molecular complexity index is 781. The van der Waals surface area contributed by atoms with Gasteiger partial charge in [0, 0.05) is 12.3 Å². The largest absolute Gasteiger partial charge is 0.290 e. The molecule has 0 radical (unpaired) electrons. The van der Waals surface area contributed by atoms with Gasteiger partial charge < -0.3 is 0 Å². The highest BCUT2D eigenvalue weighted by Crippen LogP contribution is 2.66. The number of ketones is 1. The summed E-state index contributed by atoms with van der Waals surface area (Å²) in [6, 6.07) is 9.60. The average molecular weight is 311 g/mol. The monoisotopic (exact) mass is 311 g/mol. The highest BCUT2D eigenvalue weighted by molar-refractivity contribution is 5.97. The minimum Gasteiger partial charge on any atom is -0.290 e. The zero-order chi connectivity index (χ0) is 15.6. The number of halogens is 1. The van der Waals surface area contributed by atoms with Crippen molar-refractivity contribution >= 4 is 5.78 Å². The van der Waals surface area contributed by atoms with Crippen LogP contribution in [0.25, 0.3) is 0 Å². The van der Waals surface area contributed by atoms with Crippen LogP contribution in [0.3, 0.4) is 0 Å². The number of hydrogen-bond acceptors (Lipinski definition) is 3. The van der Waals surface area contributed by atoms with Gasteiger partial charge in [0.25, 0.3) is 0 Å². The average Bonchev–Trinajstić information content (AvgIpc) is 3.05. The highest BCUT2D eigenvalue weighted by Gasteiger charge is 2.61. The third-order valence-electron chi connectivity index (χ3n) is 5.92. The van der Waals surface area contributed by atoms with Crippen LogP contribution in [0.4, 0.5) is 4.39 Å². The summed E-state index contributed by atoms with van der Waals surface area (Å²) >= 11 is 0. The quantitative estimate of drug-likeness (QED) is 0.813.